The zero-order valence-electron chi connectivity index (χ0n) is 6.05. The standard InChI is InChI=1S/C5H5Cl3N4/c1-9-4-3(5(6,7)8)2-10-12-11-4/h2H,1H3,(H,9,10,11). The van der Waals surface area contributed by atoms with Crippen LogP contribution in [0.2, 0.25) is 0 Å². The molecule has 0 aliphatic rings. The summed E-state index contributed by atoms with van der Waals surface area (Å²) in [4.78, 5) is 0. The van der Waals surface area contributed by atoms with Crippen molar-refractivity contribution in [3.8, 4) is 0 Å². The Hall–Kier alpha value is -0.320. The van der Waals surface area contributed by atoms with Gasteiger partial charge in [-0.1, -0.05) is 34.8 Å². The van der Waals surface area contributed by atoms with E-state index in [2.05, 4.69) is 20.7 Å². The predicted octanol–water partition coefficient (Wildman–Crippen LogP) is 1.74. The minimum atomic E-state index is -1.53. The number of halogens is 3. The Kier molecular flexibility index (Phi) is 2.93. The topological polar surface area (TPSA) is 50.7 Å². The molecule has 0 radical (unpaired) electrons. The van der Waals surface area contributed by atoms with E-state index in [0.29, 0.717) is 11.4 Å². The molecule has 4 nitrogen and oxygen atoms in total. The van der Waals surface area contributed by atoms with E-state index < -0.39 is 3.79 Å². The number of hydrogen-bond donors (Lipinski definition) is 1. The lowest BCUT2D eigenvalue weighted by atomic mass is 10.3. The lowest BCUT2D eigenvalue weighted by molar-refractivity contribution is 0.848. The average molecular weight is 227 g/mol. The molecule has 12 heavy (non-hydrogen) atoms. The first-order valence-corrected chi connectivity index (χ1v) is 4.12. The van der Waals surface area contributed by atoms with E-state index in [0.717, 1.165) is 0 Å². The molecule has 1 rings (SSSR count). The van der Waals surface area contributed by atoms with Crippen LogP contribution in [0.4, 0.5) is 5.82 Å². The summed E-state index contributed by atoms with van der Waals surface area (Å²) < 4.78 is -1.53. The maximum absolute atomic E-state index is 5.63. The summed E-state index contributed by atoms with van der Waals surface area (Å²) in [5, 5.41) is 13.3. The maximum Gasteiger partial charge on any atom is 0.221 e. The van der Waals surface area contributed by atoms with Crippen molar-refractivity contribution in [2.45, 2.75) is 3.79 Å². The third kappa shape index (κ3) is 2.09. The molecule has 1 heterocycles. The van der Waals surface area contributed by atoms with Gasteiger partial charge in [0.05, 0.1) is 11.8 Å². The van der Waals surface area contributed by atoms with Crippen molar-refractivity contribution in [1.29, 1.82) is 0 Å². The fraction of sp³-hybridized carbons (Fsp3) is 0.400. The monoisotopic (exact) mass is 226 g/mol. The molecular weight excluding hydrogens is 222 g/mol. The molecule has 0 amide bonds. The van der Waals surface area contributed by atoms with Crippen LogP contribution in [0.15, 0.2) is 6.20 Å². The van der Waals surface area contributed by atoms with Crippen LogP contribution in [0.3, 0.4) is 0 Å². The van der Waals surface area contributed by atoms with Crippen LogP contribution in [0, 0.1) is 0 Å². The molecule has 1 aromatic rings. The van der Waals surface area contributed by atoms with Gasteiger partial charge >= 0.3 is 0 Å². The summed E-state index contributed by atoms with van der Waals surface area (Å²) in [5.41, 5.74) is 0.380. The molecule has 1 N–H and O–H groups in total. The number of nitrogens with zero attached hydrogens (tertiary/aromatic N) is 3. The first-order chi connectivity index (χ1) is 5.55. The number of aromatic nitrogens is 3. The molecule has 0 fully saturated rings. The summed E-state index contributed by atoms with van der Waals surface area (Å²) in [6.07, 6.45) is 1.35. The minimum Gasteiger partial charge on any atom is -0.371 e. The third-order valence-electron chi connectivity index (χ3n) is 1.18. The van der Waals surface area contributed by atoms with Gasteiger partial charge < -0.3 is 5.32 Å². The van der Waals surface area contributed by atoms with Crippen molar-refractivity contribution in [3.63, 3.8) is 0 Å². The Morgan fingerprint density at radius 1 is 1.42 bits per heavy atom. The van der Waals surface area contributed by atoms with Crippen LogP contribution in [-0.4, -0.2) is 22.5 Å². The molecule has 0 saturated heterocycles. The second-order valence-corrected chi connectivity index (χ2v) is 4.23. The van der Waals surface area contributed by atoms with Crippen molar-refractivity contribution < 1.29 is 0 Å². The number of hydrogen-bond acceptors (Lipinski definition) is 4. The Morgan fingerprint density at radius 2 is 2.08 bits per heavy atom. The highest BCUT2D eigenvalue weighted by atomic mass is 35.6. The molecule has 0 bridgehead atoms. The Morgan fingerprint density at radius 3 is 2.50 bits per heavy atom. The van der Waals surface area contributed by atoms with E-state index in [1.165, 1.54) is 6.20 Å². The summed E-state index contributed by atoms with van der Waals surface area (Å²) in [6, 6.07) is 0. The average Bonchev–Trinajstić information content (AvgIpc) is 2.03. The van der Waals surface area contributed by atoms with Gasteiger partial charge in [0, 0.05) is 7.05 Å². The summed E-state index contributed by atoms with van der Waals surface area (Å²) >= 11 is 16.9. The molecule has 0 aliphatic heterocycles. The number of nitrogens with one attached hydrogen (secondary N) is 1. The number of rotatable bonds is 1. The van der Waals surface area contributed by atoms with Crippen LogP contribution >= 0.6 is 34.8 Å². The first kappa shape index (κ1) is 9.77. The van der Waals surface area contributed by atoms with Gasteiger partial charge in [-0.15, -0.1) is 10.2 Å². The molecule has 0 aromatic carbocycles. The van der Waals surface area contributed by atoms with E-state index in [4.69, 9.17) is 34.8 Å². The van der Waals surface area contributed by atoms with Crippen molar-refractivity contribution >= 4 is 40.6 Å². The van der Waals surface area contributed by atoms with E-state index >= 15 is 0 Å². The van der Waals surface area contributed by atoms with Gasteiger partial charge in [0.15, 0.2) is 5.82 Å². The molecular formula is C5H5Cl3N4. The van der Waals surface area contributed by atoms with Gasteiger partial charge in [-0.05, 0) is 5.21 Å². The second kappa shape index (κ2) is 3.60. The normalized spacial score (nSPS) is 11.3. The van der Waals surface area contributed by atoms with Crippen molar-refractivity contribution in [2.75, 3.05) is 12.4 Å². The summed E-state index contributed by atoms with van der Waals surface area (Å²) in [7, 11) is 1.66. The van der Waals surface area contributed by atoms with Crippen LogP contribution in [0.25, 0.3) is 0 Å². The second-order valence-electron chi connectivity index (χ2n) is 1.94. The van der Waals surface area contributed by atoms with Crippen molar-refractivity contribution in [1.82, 2.24) is 15.4 Å². The van der Waals surface area contributed by atoms with Gasteiger partial charge in [-0.2, -0.15) is 0 Å². The van der Waals surface area contributed by atoms with Crippen molar-refractivity contribution in [2.24, 2.45) is 0 Å². The molecule has 0 aliphatic carbocycles. The molecule has 0 atom stereocenters. The zero-order valence-corrected chi connectivity index (χ0v) is 8.32. The molecule has 0 unspecified atom stereocenters. The van der Waals surface area contributed by atoms with E-state index in [1.807, 2.05) is 0 Å². The zero-order chi connectivity index (χ0) is 9.19. The molecule has 0 spiro atoms. The van der Waals surface area contributed by atoms with E-state index in [9.17, 15) is 0 Å². The molecule has 66 valence electrons. The van der Waals surface area contributed by atoms with Gasteiger partial charge in [0.1, 0.15) is 0 Å². The predicted molar refractivity (Wildman–Crippen MR) is 48.6 cm³/mol. The van der Waals surface area contributed by atoms with Crippen LogP contribution in [0.1, 0.15) is 5.56 Å². The fourth-order valence-corrected chi connectivity index (χ4v) is 1.08. The number of alkyl halides is 3. The van der Waals surface area contributed by atoms with E-state index in [1.54, 1.807) is 7.05 Å². The van der Waals surface area contributed by atoms with E-state index in [-0.39, 0.29) is 0 Å². The molecule has 7 heteroatoms. The van der Waals surface area contributed by atoms with Gasteiger partial charge in [-0.25, -0.2) is 0 Å². The quantitative estimate of drug-likeness (QED) is 0.743. The van der Waals surface area contributed by atoms with Crippen LogP contribution < -0.4 is 5.32 Å². The van der Waals surface area contributed by atoms with Gasteiger partial charge in [-0.3, -0.25) is 0 Å². The smallest absolute Gasteiger partial charge is 0.221 e. The first-order valence-electron chi connectivity index (χ1n) is 2.99. The largest absolute Gasteiger partial charge is 0.371 e. The Balaban J connectivity index is 3.14. The number of anilines is 1. The highest BCUT2D eigenvalue weighted by Crippen LogP contribution is 2.40. The lowest BCUT2D eigenvalue weighted by Gasteiger charge is -2.12. The highest BCUT2D eigenvalue weighted by Gasteiger charge is 2.27. The van der Waals surface area contributed by atoms with Gasteiger partial charge in [0.25, 0.3) is 0 Å². The summed E-state index contributed by atoms with van der Waals surface area (Å²) in [5.74, 6) is 0.407. The fourth-order valence-electron chi connectivity index (χ4n) is 0.661. The molecule has 0 saturated carbocycles. The maximum atomic E-state index is 5.63. The van der Waals surface area contributed by atoms with Crippen LogP contribution in [0.5, 0.6) is 0 Å². The lowest BCUT2D eigenvalue weighted by Crippen LogP contribution is -2.09. The Bertz CT molecular complexity index is 272. The highest BCUT2D eigenvalue weighted by molar-refractivity contribution is 6.67. The summed E-state index contributed by atoms with van der Waals surface area (Å²) in [6.45, 7) is 0. The van der Waals surface area contributed by atoms with Crippen molar-refractivity contribution in [3.05, 3.63) is 11.8 Å². The molecule has 1 aromatic heterocycles. The minimum absolute atomic E-state index is 0.380. The SMILES string of the molecule is CNc1nnncc1C(Cl)(Cl)Cl. The van der Waals surface area contributed by atoms with Crippen LogP contribution in [-0.2, 0) is 3.79 Å². The third-order valence-corrected chi connectivity index (χ3v) is 1.79. The van der Waals surface area contributed by atoms with Gasteiger partial charge in [0.2, 0.25) is 3.79 Å². The Labute approximate surface area is 84.2 Å².